The first-order chi connectivity index (χ1) is 4.72. The highest BCUT2D eigenvalue weighted by Crippen LogP contribution is 2.17. The van der Waals surface area contributed by atoms with E-state index in [1.54, 1.807) is 6.92 Å². The van der Waals surface area contributed by atoms with E-state index in [0.29, 0.717) is 6.54 Å². The molecule has 2 heteroatoms. The molecule has 0 unspecified atom stereocenters. The van der Waals surface area contributed by atoms with Gasteiger partial charge in [0, 0.05) is 13.1 Å². The first kappa shape index (κ1) is 7.73. The summed E-state index contributed by atoms with van der Waals surface area (Å²) < 4.78 is 0. The summed E-state index contributed by atoms with van der Waals surface area (Å²) in [5.74, 6) is 1.15. The van der Waals surface area contributed by atoms with Crippen molar-refractivity contribution in [2.75, 3.05) is 19.6 Å². The van der Waals surface area contributed by atoms with Crippen molar-refractivity contribution in [1.82, 2.24) is 4.90 Å². The van der Waals surface area contributed by atoms with Crippen LogP contribution in [0.1, 0.15) is 20.3 Å². The fourth-order valence-corrected chi connectivity index (χ4v) is 1.38. The third-order valence-electron chi connectivity index (χ3n) is 2.06. The molecule has 2 nitrogen and oxygen atoms in total. The minimum atomic E-state index is 0.287. The lowest BCUT2D eigenvalue weighted by Crippen LogP contribution is -2.48. The van der Waals surface area contributed by atoms with E-state index in [4.69, 9.17) is 0 Å². The molecule has 1 saturated heterocycles. The fraction of sp³-hybridized carbons (Fsp3) is 0.875. The van der Waals surface area contributed by atoms with Crippen LogP contribution in [0.25, 0.3) is 0 Å². The van der Waals surface area contributed by atoms with E-state index in [2.05, 4.69) is 11.8 Å². The summed E-state index contributed by atoms with van der Waals surface area (Å²) in [6, 6.07) is 0. The number of rotatable bonds is 3. The summed E-state index contributed by atoms with van der Waals surface area (Å²) in [6.07, 6.45) is 1.26. The van der Waals surface area contributed by atoms with E-state index in [1.165, 1.54) is 6.42 Å². The second kappa shape index (κ2) is 3.15. The zero-order chi connectivity index (χ0) is 7.56. The van der Waals surface area contributed by atoms with Crippen molar-refractivity contribution in [3.63, 3.8) is 0 Å². The summed E-state index contributed by atoms with van der Waals surface area (Å²) >= 11 is 0. The molecule has 0 aliphatic carbocycles. The molecule has 0 spiro atoms. The number of Topliss-reactive ketones (excluding diaryl/α,β-unsaturated/α-hetero) is 1. The van der Waals surface area contributed by atoms with Gasteiger partial charge in [0.1, 0.15) is 5.78 Å². The van der Waals surface area contributed by atoms with Crippen molar-refractivity contribution >= 4 is 5.78 Å². The largest absolute Gasteiger partial charge is 0.299 e. The number of hydrogen-bond acceptors (Lipinski definition) is 2. The molecule has 1 heterocycles. The monoisotopic (exact) mass is 141 g/mol. The lowest BCUT2D eigenvalue weighted by atomic mass is 9.97. The van der Waals surface area contributed by atoms with Crippen molar-refractivity contribution in [2.45, 2.75) is 20.3 Å². The van der Waals surface area contributed by atoms with Crippen LogP contribution < -0.4 is 0 Å². The smallest absolute Gasteiger partial charge is 0.143 e. The Balaban J connectivity index is 2.08. The molecule has 1 aliphatic heterocycles. The Bertz CT molecular complexity index is 127. The average molecular weight is 141 g/mol. The second-order valence-corrected chi connectivity index (χ2v) is 3.17. The van der Waals surface area contributed by atoms with Crippen molar-refractivity contribution in [2.24, 2.45) is 5.92 Å². The van der Waals surface area contributed by atoms with Gasteiger partial charge in [-0.3, -0.25) is 9.69 Å². The van der Waals surface area contributed by atoms with Gasteiger partial charge >= 0.3 is 0 Å². The van der Waals surface area contributed by atoms with Crippen LogP contribution in [0.3, 0.4) is 0 Å². The van der Waals surface area contributed by atoms with Gasteiger partial charge in [0.2, 0.25) is 0 Å². The summed E-state index contributed by atoms with van der Waals surface area (Å²) in [4.78, 5) is 12.8. The lowest BCUT2D eigenvalue weighted by Gasteiger charge is -2.38. The third-order valence-corrected chi connectivity index (χ3v) is 2.06. The molecule has 0 radical (unpaired) electrons. The van der Waals surface area contributed by atoms with Crippen LogP contribution in [0.2, 0.25) is 0 Å². The van der Waals surface area contributed by atoms with Crippen LogP contribution in [-0.4, -0.2) is 30.3 Å². The Morgan fingerprint density at radius 2 is 2.20 bits per heavy atom. The standard InChI is InChI=1S/C8H15NO/c1-3-8-5-9(6-8)4-7(2)10/h8H,3-6H2,1-2H3. The molecule has 0 bridgehead atoms. The van der Waals surface area contributed by atoms with Gasteiger partial charge in [0.05, 0.1) is 6.54 Å². The average Bonchev–Trinajstić information content (AvgIpc) is 1.76. The number of likely N-dealkylation sites (tertiary alicyclic amines) is 1. The lowest BCUT2D eigenvalue weighted by molar-refractivity contribution is -0.119. The maximum absolute atomic E-state index is 10.6. The minimum absolute atomic E-state index is 0.287. The zero-order valence-electron chi connectivity index (χ0n) is 6.76. The maximum Gasteiger partial charge on any atom is 0.143 e. The fourth-order valence-electron chi connectivity index (χ4n) is 1.38. The molecule has 1 aliphatic rings. The SMILES string of the molecule is CCC1CN(CC(C)=O)C1. The van der Waals surface area contributed by atoms with Crippen LogP contribution in [0.4, 0.5) is 0 Å². The van der Waals surface area contributed by atoms with Gasteiger partial charge < -0.3 is 0 Å². The molecule has 0 N–H and O–H groups in total. The Morgan fingerprint density at radius 3 is 2.60 bits per heavy atom. The molecule has 10 heavy (non-hydrogen) atoms. The molecule has 0 aromatic heterocycles. The number of carbonyl (C=O) groups is 1. The molecule has 1 rings (SSSR count). The molecule has 0 aromatic carbocycles. The van der Waals surface area contributed by atoms with Crippen molar-refractivity contribution < 1.29 is 4.79 Å². The Hall–Kier alpha value is -0.370. The van der Waals surface area contributed by atoms with E-state index in [9.17, 15) is 4.79 Å². The van der Waals surface area contributed by atoms with E-state index in [0.717, 1.165) is 19.0 Å². The summed E-state index contributed by atoms with van der Waals surface area (Å²) in [5.41, 5.74) is 0. The number of carbonyl (C=O) groups excluding carboxylic acids is 1. The number of hydrogen-bond donors (Lipinski definition) is 0. The quantitative estimate of drug-likeness (QED) is 0.582. The van der Waals surface area contributed by atoms with E-state index < -0.39 is 0 Å². The Morgan fingerprint density at radius 1 is 1.60 bits per heavy atom. The predicted molar refractivity (Wildman–Crippen MR) is 40.9 cm³/mol. The van der Waals surface area contributed by atoms with Gasteiger partial charge in [-0.25, -0.2) is 0 Å². The first-order valence-electron chi connectivity index (χ1n) is 3.94. The van der Waals surface area contributed by atoms with Crippen LogP contribution >= 0.6 is 0 Å². The predicted octanol–water partition coefficient (Wildman–Crippen LogP) is 0.917. The highest BCUT2D eigenvalue weighted by atomic mass is 16.1. The molecule has 1 fully saturated rings. The molecule has 0 atom stereocenters. The molecule has 0 aromatic rings. The van der Waals surface area contributed by atoms with Crippen LogP contribution in [0.5, 0.6) is 0 Å². The van der Waals surface area contributed by atoms with Crippen LogP contribution in [0.15, 0.2) is 0 Å². The van der Waals surface area contributed by atoms with Crippen molar-refractivity contribution in [1.29, 1.82) is 0 Å². The molecule has 58 valence electrons. The van der Waals surface area contributed by atoms with E-state index >= 15 is 0 Å². The van der Waals surface area contributed by atoms with Crippen LogP contribution in [0, 0.1) is 5.92 Å². The second-order valence-electron chi connectivity index (χ2n) is 3.17. The van der Waals surface area contributed by atoms with Gasteiger partial charge in [0.25, 0.3) is 0 Å². The van der Waals surface area contributed by atoms with E-state index in [-0.39, 0.29) is 5.78 Å². The topological polar surface area (TPSA) is 20.3 Å². The number of ketones is 1. The van der Waals surface area contributed by atoms with Gasteiger partial charge in [-0.2, -0.15) is 0 Å². The van der Waals surface area contributed by atoms with Gasteiger partial charge in [0.15, 0.2) is 0 Å². The van der Waals surface area contributed by atoms with Crippen molar-refractivity contribution in [3.05, 3.63) is 0 Å². The highest BCUT2D eigenvalue weighted by Gasteiger charge is 2.24. The molecular formula is C8H15NO. The highest BCUT2D eigenvalue weighted by molar-refractivity contribution is 5.77. The third kappa shape index (κ3) is 1.81. The van der Waals surface area contributed by atoms with Gasteiger partial charge in [-0.15, -0.1) is 0 Å². The molecule has 0 saturated carbocycles. The van der Waals surface area contributed by atoms with E-state index in [1.807, 2.05) is 0 Å². The minimum Gasteiger partial charge on any atom is -0.299 e. The molecular weight excluding hydrogens is 126 g/mol. The Kier molecular flexibility index (Phi) is 2.44. The molecule has 0 amide bonds. The van der Waals surface area contributed by atoms with Gasteiger partial charge in [-0.05, 0) is 12.8 Å². The normalized spacial score (nSPS) is 20.6. The Labute approximate surface area is 62.2 Å². The summed E-state index contributed by atoms with van der Waals surface area (Å²) in [5, 5.41) is 0. The first-order valence-corrected chi connectivity index (χ1v) is 3.94. The summed E-state index contributed by atoms with van der Waals surface area (Å²) in [6.45, 7) is 6.79. The summed E-state index contributed by atoms with van der Waals surface area (Å²) in [7, 11) is 0. The zero-order valence-corrected chi connectivity index (χ0v) is 6.76. The van der Waals surface area contributed by atoms with Crippen molar-refractivity contribution in [3.8, 4) is 0 Å². The van der Waals surface area contributed by atoms with Gasteiger partial charge in [-0.1, -0.05) is 13.3 Å². The number of nitrogens with zero attached hydrogens (tertiary/aromatic N) is 1. The van der Waals surface area contributed by atoms with Crippen LogP contribution in [-0.2, 0) is 4.79 Å². The maximum atomic E-state index is 10.6.